The van der Waals surface area contributed by atoms with Crippen molar-refractivity contribution in [1.29, 1.82) is 0 Å². The Hall–Kier alpha value is -2.15. The molecular weight excluding hydrogens is 266 g/mol. The number of aryl methyl sites for hydroxylation is 1. The lowest BCUT2D eigenvalue weighted by Gasteiger charge is -2.07. The van der Waals surface area contributed by atoms with Gasteiger partial charge in [0.05, 0.1) is 28.9 Å². The molecule has 1 aliphatic rings. The van der Waals surface area contributed by atoms with Crippen LogP contribution in [0.15, 0.2) is 35.4 Å². The van der Waals surface area contributed by atoms with Crippen LogP contribution in [0.5, 0.6) is 0 Å². The zero-order valence-electron chi connectivity index (χ0n) is 10.1. The Morgan fingerprint density at radius 3 is 2.63 bits per heavy atom. The van der Waals surface area contributed by atoms with Crippen LogP contribution in [0.4, 0.5) is 0 Å². The first-order valence-corrected chi connectivity index (χ1v) is 7.11. The molecule has 0 saturated carbocycles. The second-order valence-corrected chi connectivity index (χ2v) is 6.12. The van der Waals surface area contributed by atoms with Crippen molar-refractivity contribution in [3.8, 4) is 0 Å². The maximum atomic E-state index is 12.4. The van der Waals surface area contributed by atoms with Gasteiger partial charge in [0, 0.05) is 0 Å². The van der Waals surface area contributed by atoms with Crippen LogP contribution in [-0.4, -0.2) is 23.5 Å². The number of carbonyl (C=O) groups excluding carboxylic acids is 1. The standard InChI is InChI=1S/C12H11N3O3S/c1-8-2-4-9(5-3-8)19(17,18)15-11-7-13-12(16)10(11)6-14-15/h2-6H,7H2,1H3,(H,13,16). The molecule has 0 fully saturated rings. The molecule has 0 atom stereocenters. The third-order valence-electron chi connectivity index (χ3n) is 3.04. The van der Waals surface area contributed by atoms with E-state index in [1.54, 1.807) is 12.1 Å². The van der Waals surface area contributed by atoms with Gasteiger partial charge in [-0.15, -0.1) is 0 Å². The summed E-state index contributed by atoms with van der Waals surface area (Å²) in [6, 6.07) is 6.51. The van der Waals surface area contributed by atoms with Gasteiger partial charge in [-0.05, 0) is 19.1 Å². The summed E-state index contributed by atoms with van der Waals surface area (Å²) in [6.07, 6.45) is 1.28. The molecule has 2 heterocycles. The van der Waals surface area contributed by atoms with Gasteiger partial charge in [0.2, 0.25) is 0 Å². The molecule has 98 valence electrons. The van der Waals surface area contributed by atoms with Gasteiger partial charge in [-0.1, -0.05) is 17.7 Å². The molecule has 0 aliphatic carbocycles. The Kier molecular flexibility index (Phi) is 2.46. The first kappa shape index (κ1) is 11.9. The van der Waals surface area contributed by atoms with E-state index in [1.807, 2.05) is 6.92 Å². The summed E-state index contributed by atoms with van der Waals surface area (Å²) in [4.78, 5) is 11.6. The number of carbonyl (C=O) groups is 1. The van der Waals surface area contributed by atoms with E-state index in [4.69, 9.17) is 0 Å². The number of nitrogens with zero attached hydrogens (tertiary/aromatic N) is 2. The molecule has 1 aromatic carbocycles. The summed E-state index contributed by atoms with van der Waals surface area (Å²) in [5, 5.41) is 6.40. The van der Waals surface area contributed by atoms with Crippen LogP contribution in [0.1, 0.15) is 21.6 Å². The van der Waals surface area contributed by atoms with Gasteiger partial charge >= 0.3 is 0 Å². The molecule has 3 rings (SSSR count). The van der Waals surface area contributed by atoms with Crippen LogP contribution >= 0.6 is 0 Å². The van der Waals surface area contributed by atoms with Crippen molar-refractivity contribution < 1.29 is 13.2 Å². The van der Waals surface area contributed by atoms with Crippen LogP contribution in [0.25, 0.3) is 0 Å². The predicted octanol–water partition coefficient (Wildman–Crippen LogP) is 0.672. The molecule has 1 amide bonds. The molecule has 0 spiro atoms. The van der Waals surface area contributed by atoms with Gasteiger partial charge in [-0.3, -0.25) is 4.79 Å². The van der Waals surface area contributed by atoms with Crippen LogP contribution in [-0.2, 0) is 16.6 Å². The lowest BCUT2D eigenvalue weighted by Crippen LogP contribution is -2.19. The molecule has 0 saturated heterocycles. The van der Waals surface area contributed by atoms with Crippen LogP contribution in [0.2, 0.25) is 0 Å². The summed E-state index contributed by atoms with van der Waals surface area (Å²) < 4.78 is 25.8. The predicted molar refractivity (Wildman–Crippen MR) is 67.2 cm³/mol. The summed E-state index contributed by atoms with van der Waals surface area (Å²) in [5.74, 6) is -0.291. The topological polar surface area (TPSA) is 81.1 Å². The van der Waals surface area contributed by atoms with Gasteiger partial charge in [0.15, 0.2) is 0 Å². The summed E-state index contributed by atoms with van der Waals surface area (Å²) in [7, 11) is -3.75. The Morgan fingerprint density at radius 1 is 1.26 bits per heavy atom. The Bertz CT molecular complexity index is 760. The summed E-state index contributed by atoms with van der Waals surface area (Å²) >= 11 is 0. The number of hydrogen-bond donors (Lipinski definition) is 1. The molecule has 0 bridgehead atoms. The maximum Gasteiger partial charge on any atom is 0.283 e. The molecule has 1 aliphatic heterocycles. The smallest absolute Gasteiger partial charge is 0.283 e. The van der Waals surface area contributed by atoms with E-state index >= 15 is 0 Å². The van der Waals surface area contributed by atoms with Crippen molar-refractivity contribution in [2.75, 3.05) is 0 Å². The second-order valence-electron chi connectivity index (χ2n) is 4.35. The summed E-state index contributed by atoms with van der Waals surface area (Å²) in [6.45, 7) is 2.06. The monoisotopic (exact) mass is 277 g/mol. The van der Waals surface area contributed by atoms with Gasteiger partial charge in [0.25, 0.3) is 15.9 Å². The second kappa shape index (κ2) is 3.92. The van der Waals surface area contributed by atoms with Crippen LogP contribution in [0, 0.1) is 6.92 Å². The van der Waals surface area contributed by atoms with Gasteiger partial charge in [0.1, 0.15) is 0 Å². The minimum Gasteiger partial charge on any atom is -0.346 e. The van der Waals surface area contributed by atoms with Crippen molar-refractivity contribution in [3.05, 3.63) is 47.3 Å². The molecule has 0 radical (unpaired) electrons. The highest BCUT2D eigenvalue weighted by molar-refractivity contribution is 7.89. The SMILES string of the molecule is Cc1ccc(S(=O)(=O)n2ncc3c2CNC3=O)cc1. The highest BCUT2D eigenvalue weighted by Gasteiger charge is 2.29. The van der Waals surface area contributed by atoms with E-state index in [1.165, 1.54) is 18.3 Å². The highest BCUT2D eigenvalue weighted by Crippen LogP contribution is 2.21. The Balaban J connectivity index is 2.14. The summed E-state index contributed by atoms with van der Waals surface area (Å²) in [5.41, 5.74) is 1.67. The molecule has 19 heavy (non-hydrogen) atoms. The van der Waals surface area contributed by atoms with Crippen molar-refractivity contribution >= 4 is 15.9 Å². The van der Waals surface area contributed by atoms with Gasteiger partial charge in [-0.2, -0.15) is 17.6 Å². The maximum absolute atomic E-state index is 12.4. The molecule has 0 unspecified atom stereocenters. The molecule has 2 aromatic rings. The highest BCUT2D eigenvalue weighted by atomic mass is 32.2. The van der Waals surface area contributed by atoms with Crippen LogP contribution in [0.3, 0.4) is 0 Å². The largest absolute Gasteiger partial charge is 0.346 e. The van der Waals surface area contributed by atoms with E-state index in [0.29, 0.717) is 11.3 Å². The number of nitrogens with one attached hydrogen (secondary N) is 1. The molecule has 1 aromatic heterocycles. The average Bonchev–Trinajstić information content (AvgIpc) is 2.93. The van der Waals surface area contributed by atoms with Gasteiger partial charge < -0.3 is 5.32 Å². The zero-order chi connectivity index (χ0) is 13.6. The minimum absolute atomic E-state index is 0.156. The number of rotatable bonds is 2. The van der Waals surface area contributed by atoms with Crippen molar-refractivity contribution in [1.82, 2.24) is 14.5 Å². The third-order valence-corrected chi connectivity index (χ3v) is 4.68. The molecule has 6 nitrogen and oxygen atoms in total. The number of hydrogen-bond acceptors (Lipinski definition) is 4. The van der Waals surface area contributed by atoms with Crippen LogP contribution < -0.4 is 5.32 Å². The van der Waals surface area contributed by atoms with E-state index in [0.717, 1.165) is 9.65 Å². The normalized spacial score (nSPS) is 14.3. The lowest BCUT2D eigenvalue weighted by molar-refractivity contribution is 0.0965. The Labute approximate surface area is 110 Å². The van der Waals surface area contributed by atoms with Crippen molar-refractivity contribution in [3.63, 3.8) is 0 Å². The first-order chi connectivity index (χ1) is 9.00. The van der Waals surface area contributed by atoms with E-state index < -0.39 is 10.0 Å². The third kappa shape index (κ3) is 1.74. The van der Waals surface area contributed by atoms with Gasteiger partial charge in [-0.25, -0.2) is 0 Å². The molecule has 7 heteroatoms. The first-order valence-electron chi connectivity index (χ1n) is 5.67. The zero-order valence-corrected chi connectivity index (χ0v) is 10.9. The fourth-order valence-electron chi connectivity index (χ4n) is 1.99. The van der Waals surface area contributed by atoms with E-state index in [2.05, 4.69) is 10.4 Å². The van der Waals surface area contributed by atoms with Crippen molar-refractivity contribution in [2.24, 2.45) is 0 Å². The molecule has 1 N–H and O–H groups in total. The Morgan fingerprint density at radius 2 is 1.95 bits per heavy atom. The quantitative estimate of drug-likeness (QED) is 0.875. The lowest BCUT2D eigenvalue weighted by atomic mass is 10.2. The van der Waals surface area contributed by atoms with E-state index in [9.17, 15) is 13.2 Å². The molecular formula is C12H11N3O3S. The fraction of sp³-hybridized carbons (Fsp3) is 0.167. The number of fused-ring (bicyclic) bond motifs is 1. The van der Waals surface area contributed by atoms with Crippen molar-refractivity contribution in [2.45, 2.75) is 18.4 Å². The average molecular weight is 277 g/mol. The number of aromatic nitrogens is 2. The number of benzene rings is 1. The van der Waals surface area contributed by atoms with E-state index in [-0.39, 0.29) is 17.3 Å². The minimum atomic E-state index is -3.75. The fourth-order valence-corrected chi connectivity index (χ4v) is 3.29. The number of amides is 1.